The number of aryl methyl sites for hydroxylation is 9. The number of fused-ring (bicyclic) bond motifs is 18. The van der Waals surface area contributed by atoms with E-state index < -0.39 is 40.9 Å². The monoisotopic (exact) mass is 2330 g/mol. The topological polar surface area (TPSA) is 233 Å². The van der Waals surface area contributed by atoms with Crippen molar-refractivity contribution in [2.24, 2.45) is 5.73 Å². The minimum atomic E-state index is -1.26. The first-order valence-corrected chi connectivity index (χ1v) is 49.6. The summed E-state index contributed by atoms with van der Waals surface area (Å²) in [6, 6.07) is 83.4. The van der Waals surface area contributed by atoms with Gasteiger partial charge in [0.2, 0.25) is 5.60 Å². The van der Waals surface area contributed by atoms with Gasteiger partial charge in [0.05, 0.1) is 59.4 Å². The quantitative estimate of drug-likeness (QED) is 0.0527. The normalized spacial score (nSPS) is 11.5. The molecule has 15 aromatic carbocycles. The fourth-order valence-corrected chi connectivity index (χ4v) is 19.9. The molecule has 1 aliphatic heterocycles. The molecule has 0 bridgehead atoms. The summed E-state index contributed by atoms with van der Waals surface area (Å²) in [4.78, 5) is 50.2. The number of aromatic carboxylic acids is 1. The molecular weight excluding hydrogens is 2250 g/mol. The Kier molecular flexibility index (Phi) is 32.6. The second kappa shape index (κ2) is 44.9. The number of pyridine rings is 4. The maximum Gasteiger partial charge on any atom is 0.339 e. The van der Waals surface area contributed by atoms with Crippen molar-refractivity contribution in [1.29, 1.82) is 0 Å². The fraction of sp³-hybridized carbons (Fsp3) is 0.104. The van der Waals surface area contributed by atoms with Crippen LogP contribution in [0.15, 0.2) is 325 Å². The Morgan fingerprint density at radius 3 is 1.31 bits per heavy atom. The van der Waals surface area contributed by atoms with E-state index in [9.17, 15) is 49.5 Å². The minimum Gasteiger partial charge on any atom is -0.478 e. The van der Waals surface area contributed by atoms with E-state index in [0.717, 1.165) is 153 Å². The van der Waals surface area contributed by atoms with E-state index in [-0.39, 0.29) is 52.3 Å². The number of hydrogen-bond donors (Lipinski definition) is 4. The number of carbonyl (C=O) groups excluding carboxylic acids is 2. The molecule has 0 unspecified atom stereocenters. The number of carbonyl (C=O) groups is 3. The number of hydrogen-bond acceptors (Lipinski definition) is 11. The molecule has 1 aliphatic rings. The number of ether oxygens (including phenoxy) is 2. The highest BCUT2D eigenvalue weighted by Gasteiger charge is 2.45. The summed E-state index contributed by atoms with van der Waals surface area (Å²) in [5.41, 5.74) is 32.6. The van der Waals surface area contributed by atoms with Crippen LogP contribution in [0.4, 0.5) is 46.6 Å². The summed E-state index contributed by atoms with van der Waals surface area (Å²) in [5.74, 6) is -4.30. The highest BCUT2D eigenvalue weighted by molar-refractivity contribution is 9.11. The molecule has 0 saturated carbocycles. The Morgan fingerprint density at radius 2 is 0.807 bits per heavy atom. The van der Waals surface area contributed by atoms with Gasteiger partial charge in [-0.25, -0.2) is 59.9 Å². The molecule has 145 heavy (non-hydrogen) atoms. The lowest BCUT2D eigenvalue weighted by molar-refractivity contribution is -0.139. The average Bonchev–Trinajstić information content (AvgIpc) is 1.62. The van der Waals surface area contributed by atoms with Gasteiger partial charge in [-0.3, -0.25) is 22.8 Å². The van der Waals surface area contributed by atoms with Crippen LogP contribution < -0.4 is 21.9 Å². The number of esters is 1. The number of halogens is 14. The summed E-state index contributed by atoms with van der Waals surface area (Å²) < 4.78 is 128. The summed E-state index contributed by atoms with van der Waals surface area (Å²) in [7, 11) is 1.28. The summed E-state index contributed by atoms with van der Waals surface area (Å²) >= 11 is 19.2. The number of nitrogens with zero attached hydrogens (tertiary/aromatic N) is 7. The third kappa shape index (κ3) is 21.2. The van der Waals surface area contributed by atoms with Gasteiger partial charge >= 0.3 is 11.9 Å². The Balaban J connectivity index is 0.000000126. The number of primary amides is 1. The predicted molar refractivity (Wildman–Crippen MR) is 584 cm³/mol. The van der Waals surface area contributed by atoms with Crippen molar-refractivity contribution in [1.82, 2.24) is 33.1 Å². The number of benzene rings is 15. The first kappa shape index (κ1) is 105. The van der Waals surface area contributed by atoms with Gasteiger partial charge in [-0.05, 0) is 258 Å². The molecule has 7 aromatic heterocycles. The molecule has 30 heteroatoms. The lowest BCUT2D eigenvalue weighted by Gasteiger charge is -2.39. The third-order valence-corrected chi connectivity index (χ3v) is 30.2. The van der Waals surface area contributed by atoms with Gasteiger partial charge in [-0.2, -0.15) is 0 Å². The van der Waals surface area contributed by atoms with Gasteiger partial charge in [0.1, 0.15) is 90.7 Å². The summed E-state index contributed by atoms with van der Waals surface area (Å²) in [5, 5.41) is 20.9. The van der Waals surface area contributed by atoms with Crippen LogP contribution in [-0.2, 0) is 21.6 Å². The van der Waals surface area contributed by atoms with Gasteiger partial charge in [0, 0.05) is 94.5 Å². The smallest absolute Gasteiger partial charge is 0.339 e. The zero-order valence-corrected chi connectivity index (χ0v) is 88.7. The lowest BCUT2D eigenvalue weighted by atomic mass is 9.82. The molecule has 0 atom stereocenters. The predicted octanol–water partition coefficient (Wildman–Crippen LogP) is 31.6. The molecule has 23 rings (SSSR count). The second-order valence-electron chi connectivity index (χ2n) is 33.9. The largest absolute Gasteiger partial charge is 0.478 e. The van der Waals surface area contributed by atoms with Crippen molar-refractivity contribution in [2.45, 2.75) is 74.3 Å². The zero-order valence-electron chi connectivity index (χ0n) is 79.1. The van der Waals surface area contributed by atoms with E-state index in [0.29, 0.717) is 51.4 Å². The molecule has 22 aromatic rings. The Hall–Kier alpha value is -14.3. The van der Waals surface area contributed by atoms with E-state index in [1.54, 1.807) is 56.6 Å². The highest BCUT2D eigenvalue weighted by atomic mass is 79.9. The molecule has 0 radical (unpaired) electrons. The van der Waals surface area contributed by atoms with Gasteiger partial charge in [-0.15, -0.1) is 0 Å². The molecule has 732 valence electrons. The number of anilines is 2. The molecule has 0 aliphatic carbocycles. The van der Waals surface area contributed by atoms with Crippen LogP contribution in [0.2, 0.25) is 0 Å². The number of methoxy groups -OCH3 is 1. The van der Waals surface area contributed by atoms with Crippen molar-refractivity contribution in [3.8, 4) is 5.75 Å². The Morgan fingerprint density at radius 1 is 0.400 bits per heavy atom. The van der Waals surface area contributed by atoms with E-state index in [1.165, 1.54) is 78.0 Å². The molecule has 7 N–H and O–H groups in total. The van der Waals surface area contributed by atoms with Crippen molar-refractivity contribution < 1.29 is 64.1 Å². The number of rotatable bonds is 6. The number of carboxylic acid groups (broad SMARTS) is 1. The van der Waals surface area contributed by atoms with Crippen LogP contribution in [0, 0.1) is 109 Å². The second-order valence-corrected chi connectivity index (χ2v) is 38.7. The number of imidazole rings is 3. The molecule has 1 amide bonds. The Labute approximate surface area is 877 Å². The van der Waals surface area contributed by atoms with E-state index >= 15 is 0 Å². The Bertz CT molecular complexity index is 8710. The van der Waals surface area contributed by atoms with Crippen LogP contribution >= 0.6 is 95.6 Å². The molecule has 0 spiro atoms. The van der Waals surface area contributed by atoms with Crippen molar-refractivity contribution in [2.75, 3.05) is 18.6 Å². The highest BCUT2D eigenvalue weighted by Crippen LogP contribution is 2.50. The number of aromatic nitrogens is 7. The van der Waals surface area contributed by atoms with Gasteiger partial charge in [-0.1, -0.05) is 244 Å². The molecule has 8 heterocycles. The molecule has 0 fully saturated rings. The molecular formula is C115H88Br6F8N10O6. The third-order valence-electron chi connectivity index (χ3n) is 24.6. The van der Waals surface area contributed by atoms with Gasteiger partial charge in [0.15, 0.2) is 0 Å². The van der Waals surface area contributed by atoms with E-state index in [2.05, 4.69) is 212 Å². The minimum absolute atomic E-state index is 0.0510. The van der Waals surface area contributed by atoms with Crippen LogP contribution in [-0.4, -0.2) is 63.2 Å². The first-order chi connectivity index (χ1) is 69.4. The summed E-state index contributed by atoms with van der Waals surface area (Å²) in [6.45, 7) is 17.2. The van der Waals surface area contributed by atoms with Crippen LogP contribution in [0.25, 0.3) is 104 Å². The number of nitrogen functional groups attached to an aromatic ring is 2. The first-order valence-electron chi connectivity index (χ1n) is 44.8. The zero-order chi connectivity index (χ0) is 104. The van der Waals surface area contributed by atoms with Crippen LogP contribution in [0.1, 0.15) is 93.2 Å². The van der Waals surface area contributed by atoms with Crippen molar-refractivity contribution in [3.63, 3.8) is 0 Å². The number of nitrogens with two attached hydrogens (primary N) is 3. The standard InChI is InChI=1S/C29H20N2O.C16H10BrFN2.C16H11FN2.C14H11FN2.C10H10BrFO2.C8H7BrFNO.C8H6BrFO2.C7H7BrFN.C7H6BrF/c1-19-16-17-24-27-26(19)22-14-8-9-15-23(22)28-30-18-25(31(27)28)29(32-24,20-10-4-2-5-11-20)21-12-6-3-7-13-21;1-9-6-7-12(18)15-14(9)10-4-2-3-5-11(10)16-19-8-13(17)20(15)16;1-10-6-7-13(17)15-14(10)11-4-2-3-5-12(11)16-18-8-9-19(15)16;1-8-6-7-11(15)13-12(8)9-4-2-3-5-10(9)14(16)17-13;1-6-3-4-8(12)7(10(6)11)5-9(13)14-2;2*1-4-2-3-5(10)6(7(4)9)8(11)12;1-4-2-3-5(9)7(10)6(4)8;1-5-2-3-6(9)4-7(5)8/h2-18H,1H3;2-8H,1H3;2-9H,1H3;2-7H,1H3,(H2,16,17);3-4H,5H2,1-2H3;2-3H,1H3,(H2,11,12);2-3H,1H3,(H,11,12);2-3H,10H2,1H3;2-4H,1H3. The lowest BCUT2D eigenvalue weighted by Crippen LogP contribution is -2.39. The van der Waals surface area contributed by atoms with E-state index in [1.807, 2.05) is 160 Å². The number of amides is 1. The molecule has 16 nitrogen and oxygen atoms in total. The maximum atomic E-state index is 14.4. The van der Waals surface area contributed by atoms with E-state index in [4.69, 9.17) is 32.0 Å². The fourth-order valence-electron chi connectivity index (χ4n) is 17.3. The average molecular weight is 2340 g/mol. The van der Waals surface area contributed by atoms with Gasteiger partial charge in [0.25, 0.3) is 5.91 Å². The van der Waals surface area contributed by atoms with Gasteiger partial charge < -0.3 is 31.8 Å². The number of carboxylic acids is 1. The van der Waals surface area contributed by atoms with Crippen LogP contribution in [0.5, 0.6) is 5.75 Å². The van der Waals surface area contributed by atoms with Crippen LogP contribution in [0.3, 0.4) is 0 Å². The SMILES string of the molecule is COC(=O)Cc1c(F)ccc(C)c1Br.Cc1ccc(F)c(C(=O)O)c1Br.Cc1ccc(F)c(C(N)=O)c1Br.Cc1ccc(F)c(N)c1Br.Cc1ccc(F)c2c1c1ccccc1c1ncc(Br)n12.Cc1ccc(F)c2c1c1ccccc1c1nccn12.Cc1ccc(F)c2nc(N)c3ccccc3c12.Cc1ccc(F)cc1Br.Cc1ccc2c3c1c1ccccc1c1ncc(n13)C(c1ccccc1)(c1ccccc1)O2. The summed E-state index contributed by atoms with van der Waals surface area (Å²) in [6.07, 6.45) is 7.18. The van der Waals surface area contributed by atoms with Crippen molar-refractivity contribution >= 4 is 229 Å². The maximum absolute atomic E-state index is 14.4. The van der Waals surface area contributed by atoms with Crippen molar-refractivity contribution in [3.05, 3.63) is 455 Å². The molecule has 0 saturated heterocycles.